The van der Waals surface area contributed by atoms with Gasteiger partial charge in [-0.15, -0.1) is 0 Å². The van der Waals surface area contributed by atoms with Gasteiger partial charge in [-0.3, -0.25) is 14.0 Å². The maximum Gasteiger partial charge on any atom is 0.304 e. The van der Waals surface area contributed by atoms with E-state index in [1.165, 1.54) is 6.20 Å². The molecule has 7 nitrogen and oxygen atoms in total. The van der Waals surface area contributed by atoms with Crippen molar-refractivity contribution in [2.24, 2.45) is 0 Å². The number of benzene rings is 1. The molecule has 1 unspecified atom stereocenters. The minimum absolute atomic E-state index is 0.0806. The van der Waals surface area contributed by atoms with Crippen LogP contribution >= 0.6 is 0 Å². The van der Waals surface area contributed by atoms with Crippen LogP contribution in [0.25, 0.3) is 16.9 Å². The standard InChI is InChI=1S/C15H12N4O3/c16-7-1-2-8-9(5-7)10(6-11(20)21)13-12(8)18-15(22)14-17-3-4-19(13)14/h1-5,10H,6,16H2,(H,18,22)(H,20,21). The molecular weight excluding hydrogens is 284 g/mol. The fourth-order valence-electron chi connectivity index (χ4n) is 3.19. The Hall–Kier alpha value is -3.09. The Balaban J connectivity index is 2.10. The Morgan fingerprint density at radius 1 is 1.45 bits per heavy atom. The van der Waals surface area contributed by atoms with Gasteiger partial charge >= 0.3 is 5.97 Å². The van der Waals surface area contributed by atoms with Crippen molar-refractivity contribution in [3.63, 3.8) is 0 Å². The molecule has 7 heteroatoms. The topological polar surface area (TPSA) is 113 Å². The molecule has 1 aliphatic carbocycles. The summed E-state index contributed by atoms with van der Waals surface area (Å²) in [4.78, 5) is 30.3. The van der Waals surface area contributed by atoms with Gasteiger partial charge in [0.25, 0.3) is 5.56 Å². The molecule has 110 valence electrons. The molecule has 4 N–H and O–H groups in total. The van der Waals surface area contributed by atoms with E-state index in [9.17, 15) is 14.7 Å². The molecule has 1 aliphatic rings. The van der Waals surface area contributed by atoms with Crippen molar-refractivity contribution in [3.05, 3.63) is 52.2 Å². The monoisotopic (exact) mass is 296 g/mol. The molecule has 0 saturated heterocycles. The van der Waals surface area contributed by atoms with Gasteiger partial charge in [0.05, 0.1) is 17.8 Å². The maximum absolute atomic E-state index is 12.1. The molecular formula is C15H12N4O3. The SMILES string of the molecule is Nc1ccc2c(c1)C(CC(=O)O)c1c-2[nH]c(=O)c2nccn12. The first kappa shape index (κ1) is 12.6. The van der Waals surface area contributed by atoms with Crippen LogP contribution in [0.3, 0.4) is 0 Å². The molecule has 2 heterocycles. The summed E-state index contributed by atoms with van der Waals surface area (Å²) >= 11 is 0. The second-order valence-corrected chi connectivity index (χ2v) is 5.33. The van der Waals surface area contributed by atoms with Crippen molar-refractivity contribution in [1.82, 2.24) is 14.4 Å². The van der Waals surface area contributed by atoms with Crippen molar-refractivity contribution in [2.45, 2.75) is 12.3 Å². The third-order valence-electron chi connectivity index (χ3n) is 4.03. The van der Waals surface area contributed by atoms with Gasteiger partial charge in [-0.05, 0) is 17.7 Å². The number of imidazole rings is 1. The number of nitrogens with two attached hydrogens (primary N) is 1. The van der Waals surface area contributed by atoms with E-state index in [0.717, 1.165) is 16.8 Å². The highest BCUT2D eigenvalue weighted by atomic mass is 16.4. The quantitative estimate of drug-likeness (QED) is 0.615. The van der Waals surface area contributed by atoms with Crippen molar-refractivity contribution in [1.29, 1.82) is 0 Å². The van der Waals surface area contributed by atoms with Gasteiger partial charge in [0.2, 0.25) is 5.65 Å². The third-order valence-corrected chi connectivity index (χ3v) is 4.03. The molecule has 0 amide bonds. The van der Waals surface area contributed by atoms with Gasteiger partial charge in [0.1, 0.15) is 0 Å². The average molecular weight is 296 g/mol. The van der Waals surface area contributed by atoms with Gasteiger partial charge in [-0.1, -0.05) is 6.07 Å². The van der Waals surface area contributed by atoms with Crippen LogP contribution in [0.5, 0.6) is 0 Å². The number of aliphatic carboxylic acids is 1. The van der Waals surface area contributed by atoms with Crippen LogP contribution in [0.15, 0.2) is 35.4 Å². The Morgan fingerprint density at radius 2 is 2.27 bits per heavy atom. The number of nitrogen functional groups attached to an aromatic ring is 1. The first-order valence-corrected chi connectivity index (χ1v) is 6.77. The Morgan fingerprint density at radius 3 is 3.05 bits per heavy atom. The molecule has 0 bridgehead atoms. The molecule has 0 radical (unpaired) electrons. The highest BCUT2D eigenvalue weighted by molar-refractivity contribution is 5.80. The Labute approximate surface area is 124 Å². The lowest BCUT2D eigenvalue weighted by Gasteiger charge is -2.12. The number of carbonyl (C=O) groups is 1. The summed E-state index contributed by atoms with van der Waals surface area (Å²) in [5.74, 6) is -1.29. The summed E-state index contributed by atoms with van der Waals surface area (Å²) < 4.78 is 1.66. The van der Waals surface area contributed by atoms with Gasteiger partial charge in [-0.2, -0.15) is 0 Å². The van der Waals surface area contributed by atoms with Gasteiger partial charge in [-0.25, -0.2) is 4.98 Å². The number of nitrogens with zero attached hydrogens (tertiary/aromatic N) is 2. The van der Waals surface area contributed by atoms with E-state index in [2.05, 4.69) is 9.97 Å². The zero-order chi connectivity index (χ0) is 15.4. The van der Waals surface area contributed by atoms with Crippen LogP contribution in [0.1, 0.15) is 23.6 Å². The number of carboxylic acid groups (broad SMARTS) is 1. The van der Waals surface area contributed by atoms with E-state index in [4.69, 9.17) is 5.73 Å². The van der Waals surface area contributed by atoms with Crippen molar-refractivity contribution in [3.8, 4) is 11.3 Å². The summed E-state index contributed by atoms with van der Waals surface area (Å²) in [6.07, 6.45) is 3.12. The largest absolute Gasteiger partial charge is 0.481 e. The number of nitrogens with one attached hydrogen (secondary N) is 1. The third kappa shape index (κ3) is 1.59. The molecule has 0 spiro atoms. The second-order valence-electron chi connectivity index (χ2n) is 5.33. The van der Waals surface area contributed by atoms with Crippen LogP contribution in [-0.2, 0) is 4.79 Å². The van der Waals surface area contributed by atoms with Crippen LogP contribution in [-0.4, -0.2) is 25.4 Å². The van der Waals surface area contributed by atoms with Crippen LogP contribution in [0.2, 0.25) is 0 Å². The Kier molecular flexibility index (Phi) is 2.41. The van der Waals surface area contributed by atoms with Crippen LogP contribution in [0.4, 0.5) is 5.69 Å². The van der Waals surface area contributed by atoms with Gasteiger partial charge in [0, 0.05) is 29.6 Å². The number of H-pyrrole nitrogens is 1. The number of aromatic amines is 1. The zero-order valence-corrected chi connectivity index (χ0v) is 11.4. The minimum Gasteiger partial charge on any atom is -0.481 e. The predicted octanol–water partition coefficient (Wildman–Crippen LogP) is 1.19. The van der Waals surface area contributed by atoms with E-state index < -0.39 is 5.97 Å². The van der Waals surface area contributed by atoms with E-state index >= 15 is 0 Å². The fourth-order valence-corrected chi connectivity index (χ4v) is 3.19. The second kappa shape index (κ2) is 4.20. The molecule has 3 aromatic rings. The van der Waals surface area contributed by atoms with E-state index in [1.54, 1.807) is 22.7 Å². The zero-order valence-electron chi connectivity index (χ0n) is 11.4. The summed E-state index contributed by atoms with van der Waals surface area (Å²) in [6.45, 7) is 0. The Bertz CT molecular complexity index is 986. The summed E-state index contributed by atoms with van der Waals surface area (Å²) in [5, 5.41) is 9.24. The molecule has 22 heavy (non-hydrogen) atoms. The van der Waals surface area contributed by atoms with Gasteiger partial charge < -0.3 is 15.8 Å². The first-order valence-electron chi connectivity index (χ1n) is 6.77. The van der Waals surface area contributed by atoms with E-state index in [1.807, 2.05) is 6.07 Å². The van der Waals surface area contributed by atoms with Gasteiger partial charge in [0.15, 0.2) is 0 Å². The number of hydrogen-bond acceptors (Lipinski definition) is 4. The van der Waals surface area contributed by atoms with Crippen molar-refractivity contribution < 1.29 is 9.90 Å². The van der Waals surface area contributed by atoms with Crippen LogP contribution < -0.4 is 11.3 Å². The van der Waals surface area contributed by atoms with E-state index in [0.29, 0.717) is 11.4 Å². The predicted molar refractivity (Wildman–Crippen MR) is 79.8 cm³/mol. The number of aromatic nitrogens is 3. The number of carboxylic acids is 1. The molecule has 1 aromatic carbocycles. The highest BCUT2D eigenvalue weighted by Crippen LogP contribution is 2.45. The first-order chi connectivity index (χ1) is 10.6. The molecule has 0 fully saturated rings. The lowest BCUT2D eigenvalue weighted by Crippen LogP contribution is -2.16. The molecule has 1 atom stereocenters. The summed E-state index contributed by atoms with van der Waals surface area (Å²) in [6, 6.07) is 5.32. The fraction of sp³-hybridized carbons (Fsp3) is 0.133. The number of anilines is 1. The normalized spacial score (nSPS) is 15.7. The van der Waals surface area contributed by atoms with E-state index in [-0.39, 0.29) is 23.5 Å². The van der Waals surface area contributed by atoms with Crippen molar-refractivity contribution in [2.75, 3.05) is 5.73 Å². The number of fused-ring (bicyclic) bond motifs is 5. The summed E-state index contributed by atoms with van der Waals surface area (Å²) in [7, 11) is 0. The molecule has 0 aliphatic heterocycles. The molecule has 2 aromatic heterocycles. The lowest BCUT2D eigenvalue weighted by molar-refractivity contribution is -0.137. The minimum atomic E-state index is -0.911. The average Bonchev–Trinajstić information content (AvgIpc) is 3.03. The maximum atomic E-state index is 12.1. The molecule has 4 rings (SSSR count). The smallest absolute Gasteiger partial charge is 0.304 e. The number of hydrogen-bond donors (Lipinski definition) is 3. The highest BCUT2D eigenvalue weighted by Gasteiger charge is 2.34. The summed E-state index contributed by atoms with van der Waals surface area (Å²) in [5.41, 5.74) is 9.35. The molecule has 0 saturated carbocycles. The number of rotatable bonds is 2. The lowest BCUT2D eigenvalue weighted by atomic mass is 9.96. The van der Waals surface area contributed by atoms with Crippen molar-refractivity contribution >= 4 is 17.3 Å². The van der Waals surface area contributed by atoms with Crippen LogP contribution in [0, 0.1) is 0 Å².